The van der Waals surface area contributed by atoms with E-state index in [4.69, 9.17) is 5.11 Å². The van der Waals surface area contributed by atoms with E-state index in [0.717, 1.165) is 35.9 Å². The van der Waals surface area contributed by atoms with Gasteiger partial charge in [0, 0.05) is 5.92 Å². The summed E-state index contributed by atoms with van der Waals surface area (Å²) in [6.07, 6.45) is 4.99. The predicted octanol–water partition coefficient (Wildman–Crippen LogP) is 1.86. The molecule has 0 amide bonds. The van der Waals surface area contributed by atoms with Crippen molar-refractivity contribution in [2.75, 3.05) is 0 Å². The highest BCUT2D eigenvalue weighted by Gasteiger charge is 2.66. The summed E-state index contributed by atoms with van der Waals surface area (Å²) in [6.45, 7) is 2.00. The molecule has 5 unspecified atom stereocenters. The lowest BCUT2D eigenvalue weighted by molar-refractivity contribution is -0.138. The van der Waals surface area contributed by atoms with Crippen LogP contribution in [0.2, 0.25) is 0 Å². The maximum atomic E-state index is 11.0. The third-order valence-electron chi connectivity index (χ3n) is 5.78. The predicted molar refractivity (Wildman–Crippen MR) is 69.9 cm³/mol. The molecule has 1 aromatic rings. The number of carboxylic acids is 1. The van der Waals surface area contributed by atoms with E-state index in [1.54, 1.807) is 4.68 Å². The molecule has 1 aromatic heterocycles. The van der Waals surface area contributed by atoms with Gasteiger partial charge in [0.25, 0.3) is 0 Å². The summed E-state index contributed by atoms with van der Waals surface area (Å²) in [4.78, 5) is 11.0. The van der Waals surface area contributed by atoms with E-state index < -0.39 is 5.97 Å². The molecular weight excluding hydrogens is 256 g/mol. The summed E-state index contributed by atoms with van der Waals surface area (Å²) in [5.41, 5.74) is 0. The van der Waals surface area contributed by atoms with Crippen LogP contribution in [0.5, 0.6) is 0 Å². The Balaban J connectivity index is 1.59. The van der Waals surface area contributed by atoms with Gasteiger partial charge in [-0.2, -0.15) is 0 Å². The number of tetrazole rings is 1. The zero-order chi connectivity index (χ0) is 13.9. The van der Waals surface area contributed by atoms with Crippen LogP contribution in [0.25, 0.3) is 0 Å². The minimum Gasteiger partial charge on any atom is -0.481 e. The van der Waals surface area contributed by atoms with Gasteiger partial charge in [0.1, 0.15) is 0 Å². The van der Waals surface area contributed by atoms with Crippen LogP contribution in [0.3, 0.4) is 0 Å². The minimum atomic E-state index is -0.783. The van der Waals surface area contributed by atoms with Crippen LogP contribution in [0, 0.1) is 23.7 Å². The van der Waals surface area contributed by atoms with Crippen molar-refractivity contribution in [3.05, 3.63) is 5.82 Å². The number of hydrogen-bond donors (Lipinski definition) is 1. The molecule has 0 radical (unpaired) electrons. The number of aliphatic carboxylic acids is 1. The normalized spacial score (nSPS) is 38.8. The van der Waals surface area contributed by atoms with E-state index in [-0.39, 0.29) is 12.5 Å². The van der Waals surface area contributed by atoms with Crippen molar-refractivity contribution < 1.29 is 9.90 Å². The highest BCUT2D eigenvalue weighted by Crippen LogP contribution is 2.72. The van der Waals surface area contributed by atoms with Crippen molar-refractivity contribution >= 4 is 5.97 Å². The molecule has 2 bridgehead atoms. The fourth-order valence-electron chi connectivity index (χ4n) is 4.96. The van der Waals surface area contributed by atoms with Crippen molar-refractivity contribution in [2.24, 2.45) is 23.7 Å². The van der Waals surface area contributed by atoms with E-state index in [1.165, 1.54) is 19.3 Å². The van der Waals surface area contributed by atoms with Crippen LogP contribution in [0.15, 0.2) is 0 Å². The molecule has 1 heterocycles. The fourth-order valence-corrected chi connectivity index (χ4v) is 4.96. The Bertz CT molecular complexity index is 527. The molecule has 3 saturated carbocycles. The number of aromatic nitrogens is 4. The molecule has 6 nitrogen and oxygen atoms in total. The van der Waals surface area contributed by atoms with Crippen LogP contribution in [-0.4, -0.2) is 31.3 Å². The lowest BCUT2D eigenvalue weighted by atomic mass is 10.0. The largest absolute Gasteiger partial charge is 0.481 e. The zero-order valence-electron chi connectivity index (χ0n) is 11.6. The third-order valence-corrected chi connectivity index (χ3v) is 5.78. The van der Waals surface area contributed by atoms with E-state index in [9.17, 15) is 4.79 Å². The van der Waals surface area contributed by atoms with Crippen LogP contribution >= 0.6 is 0 Å². The Morgan fingerprint density at radius 3 is 2.70 bits per heavy atom. The molecule has 0 saturated heterocycles. The topological polar surface area (TPSA) is 80.9 Å². The van der Waals surface area contributed by atoms with E-state index in [1.807, 2.05) is 6.92 Å². The van der Waals surface area contributed by atoms with Crippen LogP contribution in [0.1, 0.15) is 56.8 Å². The lowest BCUT2D eigenvalue weighted by Gasteiger charge is -2.15. The fraction of sp³-hybridized carbons (Fsp3) is 0.857. The summed E-state index contributed by atoms with van der Waals surface area (Å²) >= 11 is 0. The average molecular weight is 276 g/mol. The quantitative estimate of drug-likeness (QED) is 0.887. The van der Waals surface area contributed by atoms with Gasteiger partial charge in [-0.3, -0.25) is 4.79 Å². The number of rotatable bonds is 5. The molecule has 6 heteroatoms. The van der Waals surface area contributed by atoms with Gasteiger partial charge in [0.15, 0.2) is 5.82 Å². The Kier molecular flexibility index (Phi) is 2.62. The molecular formula is C14H20N4O2. The maximum absolute atomic E-state index is 11.0. The van der Waals surface area contributed by atoms with Crippen molar-refractivity contribution in [1.29, 1.82) is 0 Å². The summed E-state index contributed by atoms with van der Waals surface area (Å²) in [6, 6.07) is -0.114. The molecule has 3 aliphatic carbocycles. The first-order valence-electron chi connectivity index (χ1n) is 7.70. The molecule has 0 aliphatic heterocycles. The van der Waals surface area contributed by atoms with Gasteiger partial charge in [0.2, 0.25) is 0 Å². The molecule has 0 spiro atoms. The second kappa shape index (κ2) is 4.27. The van der Waals surface area contributed by atoms with Gasteiger partial charge < -0.3 is 5.11 Å². The molecule has 1 N–H and O–H groups in total. The monoisotopic (exact) mass is 276 g/mol. The zero-order valence-corrected chi connectivity index (χ0v) is 11.6. The van der Waals surface area contributed by atoms with Gasteiger partial charge in [-0.25, -0.2) is 4.68 Å². The van der Waals surface area contributed by atoms with Gasteiger partial charge in [-0.05, 0) is 59.8 Å². The molecule has 108 valence electrons. The van der Waals surface area contributed by atoms with Crippen molar-refractivity contribution in [1.82, 2.24) is 20.2 Å². The summed E-state index contributed by atoms with van der Waals surface area (Å²) in [5, 5.41) is 21.2. The van der Waals surface area contributed by atoms with E-state index in [2.05, 4.69) is 15.5 Å². The maximum Gasteiger partial charge on any atom is 0.305 e. The molecule has 5 atom stereocenters. The number of carboxylic acid groups (broad SMARTS) is 1. The van der Waals surface area contributed by atoms with Crippen molar-refractivity contribution in [3.8, 4) is 0 Å². The average Bonchev–Trinajstić information content (AvgIpc) is 2.86. The minimum absolute atomic E-state index is 0.101. The summed E-state index contributed by atoms with van der Waals surface area (Å²) < 4.78 is 1.80. The van der Waals surface area contributed by atoms with Crippen LogP contribution < -0.4 is 0 Å². The van der Waals surface area contributed by atoms with Gasteiger partial charge in [-0.15, -0.1) is 5.10 Å². The molecule has 20 heavy (non-hydrogen) atoms. The number of carbonyl (C=O) groups is 1. The van der Waals surface area contributed by atoms with Crippen LogP contribution in [0.4, 0.5) is 0 Å². The molecule has 0 aromatic carbocycles. The molecule has 4 rings (SSSR count). The Morgan fingerprint density at radius 2 is 2.10 bits per heavy atom. The highest BCUT2D eigenvalue weighted by atomic mass is 16.4. The Hall–Kier alpha value is -1.46. The summed E-state index contributed by atoms with van der Waals surface area (Å²) in [5.74, 6) is 3.97. The lowest BCUT2D eigenvalue weighted by Crippen LogP contribution is -2.18. The first-order chi connectivity index (χ1) is 9.70. The number of hydrogen-bond acceptors (Lipinski definition) is 4. The van der Waals surface area contributed by atoms with Crippen molar-refractivity contribution in [3.63, 3.8) is 0 Å². The van der Waals surface area contributed by atoms with Gasteiger partial charge >= 0.3 is 5.97 Å². The van der Waals surface area contributed by atoms with E-state index >= 15 is 0 Å². The van der Waals surface area contributed by atoms with E-state index in [0.29, 0.717) is 5.92 Å². The second-order valence-electron chi connectivity index (χ2n) is 6.66. The third kappa shape index (κ3) is 1.63. The Labute approximate surface area is 117 Å². The van der Waals surface area contributed by atoms with Gasteiger partial charge in [0.05, 0.1) is 12.5 Å². The van der Waals surface area contributed by atoms with Crippen LogP contribution in [-0.2, 0) is 4.79 Å². The molecule has 3 aliphatic rings. The summed E-state index contributed by atoms with van der Waals surface area (Å²) in [7, 11) is 0. The highest BCUT2D eigenvalue weighted by molar-refractivity contribution is 5.67. The second-order valence-corrected chi connectivity index (χ2v) is 6.66. The Morgan fingerprint density at radius 1 is 1.40 bits per heavy atom. The first kappa shape index (κ1) is 12.3. The SMILES string of the molecule is CCC(CC(=O)O)n1nnnc1C1C2C3CCC(C3)C12. The smallest absolute Gasteiger partial charge is 0.305 e. The molecule has 3 fully saturated rings. The standard InChI is InChI=1S/C14H20N4O2/c1-2-9(6-10(19)20)18-14(15-16-17-18)13-11-7-3-4-8(5-7)12(11)13/h7-9,11-13H,2-6H2,1H3,(H,19,20). The number of nitrogens with zero attached hydrogens (tertiary/aromatic N) is 4. The van der Waals surface area contributed by atoms with Crippen molar-refractivity contribution in [2.45, 2.75) is 51.0 Å². The first-order valence-corrected chi connectivity index (χ1v) is 7.70. The number of fused-ring (bicyclic) bond motifs is 5. The van der Waals surface area contributed by atoms with Gasteiger partial charge in [-0.1, -0.05) is 6.92 Å².